The zero-order valence-electron chi connectivity index (χ0n) is 38.6. The van der Waals surface area contributed by atoms with Crippen molar-refractivity contribution in [2.24, 2.45) is 46.3 Å². The van der Waals surface area contributed by atoms with E-state index in [1.165, 1.54) is 0 Å². The molecule has 10 nitrogen and oxygen atoms in total. The summed E-state index contributed by atoms with van der Waals surface area (Å²) in [5.74, 6) is 1.93. The van der Waals surface area contributed by atoms with E-state index in [9.17, 15) is 9.59 Å². The summed E-state index contributed by atoms with van der Waals surface area (Å²) >= 11 is 12.4. The number of nitrogens with one attached hydrogen (secondary N) is 4. The van der Waals surface area contributed by atoms with Crippen LogP contribution in [0.2, 0.25) is 10.0 Å². The summed E-state index contributed by atoms with van der Waals surface area (Å²) in [4.78, 5) is 34.7. The molecule has 2 heterocycles. The lowest BCUT2D eigenvalue weighted by molar-refractivity contribution is -0.220. The van der Waals surface area contributed by atoms with Crippen LogP contribution in [0.3, 0.4) is 0 Å². The molecule has 0 spiro atoms. The highest BCUT2D eigenvalue weighted by atomic mass is 35.5. The van der Waals surface area contributed by atoms with Gasteiger partial charge in [-0.3, -0.25) is 19.6 Å². The third-order valence-electron chi connectivity index (χ3n) is 16.5. The maximum Gasteiger partial charge on any atom is 0.302 e. The Morgan fingerprint density at radius 1 is 0.750 bits per heavy atom. The van der Waals surface area contributed by atoms with Crippen LogP contribution in [0.4, 0.5) is 11.4 Å². The molecule has 0 amide bonds. The topological polar surface area (TPSA) is 127 Å². The van der Waals surface area contributed by atoms with E-state index in [-0.39, 0.29) is 40.9 Å². The van der Waals surface area contributed by atoms with E-state index in [1.807, 2.05) is 60.9 Å². The summed E-state index contributed by atoms with van der Waals surface area (Å²) < 4.78 is 12.9. The molecule has 5 unspecified atom stereocenters. The first kappa shape index (κ1) is 46.8. The van der Waals surface area contributed by atoms with E-state index in [4.69, 9.17) is 32.7 Å². The third kappa shape index (κ3) is 10.0. The molecule has 346 valence electrons. The summed E-state index contributed by atoms with van der Waals surface area (Å²) in [6.45, 7) is 15.1. The standard InChI is InChI=1S/C52H70Cl2N6O4/c1-32(9-6-20-55-21-7-23-57-44-17-25-59-46-29-36(53)10-12-39(44)46)41-14-15-42-50-43(31-49(52(41,42)5)64-34(3)62)51(4)19-16-38(27-35(51)28-48(50)63-33(2)61)56-22-8-24-58-45-18-26-60-47-30-37(54)11-13-40(45)47/h10-13,17-18,25-26,29-30,32,35,38,41-43,48-50,55-56H,6-9,14-16,19-24,27-28,31H2,1-5H3,(H,57,59)(H,58,60)/t32?,35-,38?,41+,42?,43?,48+,49-,50?,51-,52+/m0/s1. The molecule has 12 heteroatoms. The maximum atomic E-state index is 12.9. The molecule has 4 saturated carbocycles. The van der Waals surface area contributed by atoms with E-state index in [0.717, 1.165) is 137 Å². The van der Waals surface area contributed by atoms with Crippen molar-refractivity contribution in [3.05, 3.63) is 71.0 Å². The number of rotatable bonds is 18. The minimum absolute atomic E-state index is 0.0946. The van der Waals surface area contributed by atoms with E-state index < -0.39 is 0 Å². The van der Waals surface area contributed by atoms with Gasteiger partial charge in [0.2, 0.25) is 0 Å². The summed E-state index contributed by atoms with van der Waals surface area (Å²) in [5.41, 5.74) is 3.88. The largest absolute Gasteiger partial charge is 0.462 e. The molecule has 4 aliphatic carbocycles. The second kappa shape index (κ2) is 20.4. The monoisotopic (exact) mass is 912 g/mol. The normalized spacial score (nSPS) is 30.2. The summed E-state index contributed by atoms with van der Waals surface area (Å²) in [7, 11) is 0. The minimum atomic E-state index is -0.181. The van der Waals surface area contributed by atoms with E-state index >= 15 is 0 Å². The second-order valence-electron chi connectivity index (χ2n) is 20.2. The van der Waals surface area contributed by atoms with E-state index in [2.05, 4.69) is 52.0 Å². The van der Waals surface area contributed by atoms with Crippen molar-refractivity contribution in [3.8, 4) is 0 Å². The van der Waals surface area contributed by atoms with Gasteiger partial charge >= 0.3 is 11.9 Å². The number of carbonyl (C=O) groups excluding carboxylic acids is 2. The number of nitrogens with zero attached hydrogens (tertiary/aromatic N) is 2. The number of hydrogen-bond donors (Lipinski definition) is 4. The molecule has 8 rings (SSSR count). The smallest absolute Gasteiger partial charge is 0.302 e. The molecule has 4 fully saturated rings. The Morgan fingerprint density at radius 2 is 1.38 bits per heavy atom. The number of hydrogen-bond acceptors (Lipinski definition) is 10. The van der Waals surface area contributed by atoms with Gasteiger partial charge in [0.05, 0.1) is 11.0 Å². The first-order valence-corrected chi connectivity index (χ1v) is 25.0. The van der Waals surface area contributed by atoms with Crippen LogP contribution >= 0.6 is 23.2 Å². The summed E-state index contributed by atoms with van der Waals surface area (Å²) in [5, 5.41) is 18.3. The van der Waals surface area contributed by atoms with Gasteiger partial charge < -0.3 is 30.7 Å². The number of fused-ring (bicyclic) bond motifs is 7. The molecule has 2 aromatic heterocycles. The first-order chi connectivity index (χ1) is 30.8. The third-order valence-corrected chi connectivity index (χ3v) is 17.0. The van der Waals surface area contributed by atoms with Crippen molar-refractivity contribution in [1.82, 2.24) is 20.6 Å². The van der Waals surface area contributed by atoms with Gasteiger partial charge in [0.15, 0.2) is 0 Å². The second-order valence-corrected chi connectivity index (χ2v) is 21.0. The minimum Gasteiger partial charge on any atom is -0.462 e. The quantitative estimate of drug-likeness (QED) is 0.0566. The average molecular weight is 914 g/mol. The van der Waals surface area contributed by atoms with Gasteiger partial charge in [-0.2, -0.15) is 0 Å². The predicted octanol–water partition coefficient (Wildman–Crippen LogP) is 11.1. The molecule has 4 aromatic rings. The van der Waals surface area contributed by atoms with Gasteiger partial charge in [-0.1, -0.05) is 44.0 Å². The van der Waals surface area contributed by atoms with Crippen LogP contribution in [-0.2, 0) is 19.1 Å². The lowest BCUT2D eigenvalue weighted by Crippen LogP contribution is -2.63. The van der Waals surface area contributed by atoms with E-state index in [0.29, 0.717) is 45.7 Å². The van der Waals surface area contributed by atoms with Crippen molar-refractivity contribution in [2.45, 2.75) is 123 Å². The molecule has 2 aromatic carbocycles. The van der Waals surface area contributed by atoms with Crippen molar-refractivity contribution in [2.75, 3.05) is 43.4 Å². The molecule has 4 aliphatic rings. The molecule has 4 N–H and O–H groups in total. The molecular formula is C52H70Cl2N6O4. The number of aromatic nitrogens is 2. The Kier molecular flexibility index (Phi) is 15.0. The van der Waals surface area contributed by atoms with Crippen molar-refractivity contribution >= 4 is 68.3 Å². The van der Waals surface area contributed by atoms with Gasteiger partial charge in [-0.05, 0) is 174 Å². The fraction of sp³-hybridized carbons (Fsp3) is 0.615. The van der Waals surface area contributed by atoms with Crippen molar-refractivity contribution < 1.29 is 19.1 Å². The SMILES string of the molecule is CC(=O)O[C@H]1CC2C(C3CC[C@H](C(C)CCCNCCCNc4ccnc5cc(Cl)ccc45)[C@]31C)[C@H](OC(C)=O)C[C@@H]1CC(NCCCNc3ccnc4cc(Cl)ccc34)CC[C@]21C. The number of carbonyl (C=O) groups is 2. The highest BCUT2D eigenvalue weighted by Gasteiger charge is 2.67. The van der Waals surface area contributed by atoms with Crippen LogP contribution in [0.15, 0.2) is 60.9 Å². The first-order valence-electron chi connectivity index (χ1n) is 24.2. The number of ether oxygens (including phenoxy) is 2. The Bertz CT molecular complexity index is 2260. The van der Waals surface area contributed by atoms with Gasteiger partial charge in [-0.15, -0.1) is 0 Å². The molecular weight excluding hydrogens is 844 g/mol. The Balaban J connectivity index is 0.852. The van der Waals surface area contributed by atoms with Gasteiger partial charge in [0, 0.05) is 88.9 Å². The maximum absolute atomic E-state index is 12.9. The van der Waals surface area contributed by atoms with Gasteiger partial charge in [0.25, 0.3) is 0 Å². The fourth-order valence-electron chi connectivity index (χ4n) is 13.5. The Labute approximate surface area is 390 Å². The van der Waals surface area contributed by atoms with Crippen LogP contribution in [0.1, 0.15) is 105 Å². The van der Waals surface area contributed by atoms with Gasteiger partial charge in [-0.25, -0.2) is 0 Å². The number of benzene rings is 2. The highest BCUT2D eigenvalue weighted by molar-refractivity contribution is 6.31. The van der Waals surface area contributed by atoms with Crippen LogP contribution in [-0.4, -0.2) is 72.9 Å². The number of esters is 2. The number of pyridine rings is 2. The summed E-state index contributed by atoms with van der Waals surface area (Å²) in [6, 6.07) is 16.2. The van der Waals surface area contributed by atoms with Crippen LogP contribution in [0, 0.1) is 46.3 Å². The van der Waals surface area contributed by atoms with Crippen LogP contribution in [0.25, 0.3) is 21.8 Å². The zero-order valence-corrected chi connectivity index (χ0v) is 40.1. The van der Waals surface area contributed by atoms with Crippen LogP contribution < -0.4 is 21.3 Å². The highest BCUT2D eigenvalue weighted by Crippen LogP contribution is 2.69. The Hall–Kier alpha value is -3.70. The molecule has 0 bridgehead atoms. The van der Waals surface area contributed by atoms with Crippen molar-refractivity contribution in [3.63, 3.8) is 0 Å². The van der Waals surface area contributed by atoms with Gasteiger partial charge in [0.1, 0.15) is 12.2 Å². The Morgan fingerprint density at radius 3 is 2.02 bits per heavy atom. The average Bonchev–Trinajstić information content (AvgIpc) is 3.62. The predicted molar refractivity (Wildman–Crippen MR) is 260 cm³/mol. The lowest BCUT2D eigenvalue weighted by atomic mass is 9.43. The zero-order chi connectivity index (χ0) is 45.0. The molecule has 0 radical (unpaired) electrons. The number of halogens is 2. The molecule has 11 atom stereocenters. The summed E-state index contributed by atoms with van der Waals surface area (Å²) in [6.07, 6.45) is 14.9. The van der Waals surface area contributed by atoms with E-state index in [1.54, 1.807) is 13.8 Å². The molecule has 0 aliphatic heterocycles. The molecule has 64 heavy (non-hydrogen) atoms. The lowest BCUT2D eigenvalue weighted by Gasteiger charge is -2.64. The number of anilines is 2. The van der Waals surface area contributed by atoms with Crippen LogP contribution in [0.5, 0.6) is 0 Å². The fourth-order valence-corrected chi connectivity index (χ4v) is 13.8. The molecule has 0 saturated heterocycles. The van der Waals surface area contributed by atoms with Crippen molar-refractivity contribution in [1.29, 1.82) is 0 Å².